The second kappa shape index (κ2) is 4.82. The lowest BCUT2D eigenvalue weighted by molar-refractivity contribution is 0.0698. The summed E-state index contributed by atoms with van der Waals surface area (Å²) in [6, 6.07) is 3.91. The van der Waals surface area contributed by atoms with E-state index >= 15 is 0 Å². The molecule has 0 bridgehead atoms. The highest BCUT2D eigenvalue weighted by Gasteiger charge is 2.15. The average molecular weight is 262 g/mol. The first-order chi connectivity index (χ1) is 8.54. The van der Waals surface area contributed by atoms with Crippen LogP contribution in [0.2, 0.25) is 0 Å². The van der Waals surface area contributed by atoms with E-state index in [4.69, 9.17) is 9.84 Å². The van der Waals surface area contributed by atoms with Crippen molar-refractivity contribution in [1.29, 1.82) is 0 Å². The maximum absolute atomic E-state index is 11.2. The minimum Gasteiger partial charge on any atom is -0.496 e. The zero-order chi connectivity index (χ0) is 13.3. The number of thiophene rings is 1. The van der Waals surface area contributed by atoms with Crippen molar-refractivity contribution in [2.45, 2.75) is 13.8 Å². The molecular weight excluding hydrogens is 248 g/mol. The molecule has 94 valence electrons. The Morgan fingerprint density at radius 2 is 1.89 bits per heavy atom. The van der Waals surface area contributed by atoms with Gasteiger partial charge < -0.3 is 9.84 Å². The zero-order valence-corrected chi connectivity index (χ0v) is 11.3. The maximum Gasteiger partial charge on any atom is 0.337 e. The molecule has 0 fully saturated rings. The summed E-state index contributed by atoms with van der Waals surface area (Å²) in [5.41, 5.74) is 4.09. The standard InChI is InChI=1S/C14H14O3S/c1-8-5-13(17-3)9(2)4-10(8)11-6-18-7-12(11)14(15)16/h4-7H,1-3H3,(H,15,16). The van der Waals surface area contributed by atoms with Gasteiger partial charge in [0, 0.05) is 10.9 Å². The van der Waals surface area contributed by atoms with Crippen molar-refractivity contribution in [3.8, 4) is 16.9 Å². The summed E-state index contributed by atoms with van der Waals surface area (Å²) < 4.78 is 5.26. The highest BCUT2D eigenvalue weighted by Crippen LogP contribution is 2.33. The van der Waals surface area contributed by atoms with Crippen LogP contribution in [0.4, 0.5) is 0 Å². The van der Waals surface area contributed by atoms with Crippen molar-refractivity contribution in [3.63, 3.8) is 0 Å². The monoisotopic (exact) mass is 262 g/mol. The van der Waals surface area contributed by atoms with Gasteiger partial charge in [0.15, 0.2) is 0 Å². The third kappa shape index (κ3) is 2.11. The summed E-state index contributed by atoms with van der Waals surface area (Å²) in [6.07, 6.45) is 0. The number of carbonyl (C=O) groups is 1. The van der Waals surface area contributed by atoms with Gasteiger partial charge in [-0.15, -0.1) is 0 Å². The first-order valence-electron chi connectivity index (χ1n) is 5.49. The van der Waals surface area contributed by atoms with E-state index in [1.807, 2.05) is 31.4 Å². The summed E-state index contributed by atoms with van der Waals surface area (Å²) in [7, 11) is 1.63. The van der Waals surface area contributed by atoms with E-state index in [1.54, 1.807) is 12.5 Å². The second-order valence-corrected chi connectivity index (χ2v) is 4.88. The second-order valence-electron chi connectivity index (χ2n) is 4.14. The third-order valence-electron chi connectivity index (χ3n) is 2.92. The van der Waals surface area contributed by atoms with Crippen LogP contribution in [0.3, 0.4) is 0 Å². The lowest BCUT2D eigenvalue weighted by Gasteiger charge is -2.11. The van der Waals surface area contributed by atoms with Crippen LogP contribution in [0.15, 0.2) is 22.9 Å². The maximum atomic E-state index is 11.2. The molecule has 0 radical (unpaired) electrons. The normalized spacial score (nSPS) is 10.4. The summed E-state index contributed by atoms with van der Waals surface area (Å²) in [6.45, 7) is 3.91. The summed E-state index contributed by atoms with van der Waals surface area (Å²) in [5, 5.41) is 12.7. The van der Waals surface area contributed by atoms with Gasteiger partial charge in [0.1, 0.15) is 5.75 Å². The number of rotatable bonds is 3. The van der Waals surface area contributed by atoms with Crippen LogP contribution < -0.4 is 4.74 Å². The van der Waals surface area contributed by atoms with E-state index in [-0.39, 0.29) is 0 Å². The van der Waals surface area contributed by atoms with Gasteiger partial charge in [-0.2, -0.15) is 11.3 Å². The molecule has 0 aliphatic carbocycles. The van der Waals surface area contributed by atoms with Crippen LogP contribution >= 0.6 is 11.3 Å². The topological polar surface area (TPSA) is 46.5 Å². The first-order valence-corrected chi connectivity index (χ1v) is 6.44. The number of aromatic carboxylic acids is 1. The molecule has 3 nitrogen and oxygen atoms in total. The van der Waals surface area contributed by atoms with E-state index in [1.165, 1.54) is 11.3 Å². The minimum atomic E-state index is -0.890. The van der Waals surface area contributed by atoms with Crippen LogP contribution in [0.1, 0.15) is 21.5 Å². The number of benzene rings is 1. The summed E-state index contributed by atoms with van der Waals surface area (Å²) in [5.74, 6) is -0.0672. The quantitative estimate of drug-likeness (QED) is 0.916. The number of hydrogen-bond acceptors (Lipinski definition) is 3. The number of methoxy groups -OCH3 is 1. The van der Waals surface area contributed by atoms with Crippen LogP contribution in [0.25, 0.3) is 11.1 Å². The largest absolute Gasteiger partial charge is 0.496 e. The van der Waals surface area contributed by atoms with Gasteiger partial charge >= 0.3 is 5.97 Å². The lowest BCUT2D eigenvalue weighted by Crippen LogP contribution is -1.98. The fraction of sp³-hybridized carbons (Fsp3) is 0.214. The van der Waals surface area contributed by atoms with Crippen molar-refractivity contribution < 1.29 is 14.6 Å². The molecule has 0 unspecified atom stereocenters. The Labute approximate surface area is 110 Å². The molecule has 1 heterocycles. The predicted molar refractivity (Wildman–Crippen MR) is 72.7 cm³/mol. The fourth-order valence-corrected chi connectivity index (χ4v) is 2.79. The SMILES string of the molecule is COc1cc(C)c(-c2cscc2C(=O)O)cc1C. The molecule has 1 aromatic heterocycles. The Morgan fingerprint density at radius 3 is 2.50 bits per heavy atom. The van der Waals surface area contributed by atoms with Crippen LogP contribution in [-0.4, -0.2) is 18.2 Å². The smallest absolute Gasteiger partial charge is 0.337 e. The van der Waals surface area contributed by atoms with Gasteiger partial charge in [-0.3, -0.25) is 0 Å². The number of aryl methyl sites for hydroxylation is 2. The molecule has 0 atom stereocenters. The molecule has 0 saturated carbocycles. The molecule has 1 N–H and O–H groups in total. The van der Waals surface area contributed by atoms with Crippen molar-refractivity contribution in [2.24, 2.45) is 0 Å². The van der Waals surface area contributed by atoms with Crippen LogP contribution in [0, 0.1) is 13.8 Å². The Hall–Kier alpha value is -1.81. The fourth-order valence-electron chi connectivity index (χ4n) is 1.97. The van der Waals surface area contributed by atoms with Gasteiger partial charge in [0.05, 0.1) is 12.7 Å². The van der Waals surface area contributed by atoms with Crippen LogP contribution in [0.5, 0.6) is 5.75 Å². The number of carboxylic acids is 1. The molecule has 0 spiro atoms. The Balaban J connectivity index is 2.61. The van der Waals surface area contributed by atoms with Gasteiger partial charge in [-0.25, -0.2) is 4.79 Å². The van der Waals surface area contributed by atoms with Crippen molar-refractivity contribution in [3.05, 3.63) is 39.6 Å². The number of hydrogen-bond donors (Lipinski definition) is 1. The third-order valence-corrected chi connectivity index (χ3v) is 3.67. The molecule has 0 aliphatic heterocycles. The molecule has 0 amide bonds. The number of ether oxygens (including phenoxy) is 1. The highest BCUT2D eigenvalue weighted by molar-refractivity contribution is 7.08. The van der Waals surface area contributed by atoms with Crippen LogP contribution in [-0.2, 0) is 0 Å². The Kier molecular flexibility index (Phi) is 3.39. The average Bonchev–Trinajstić information content (AvgIpc) is 2.80. The molecular formula is C14H14O3S. The molecule has 2 rings (SSSR count). The molecule has 4 heteroatoms. The van der Waals surface area contributed by atoms with Gasteiger partial charge in [0.25, 0.3) is 0 Å². The zero-order valence-electron chi connectivity index (χ0n) is 10.5. The highest BCUT2D eigenvalue weighted by atomic mass is 32.1. The molecule has 1 aromatic carbocycles. The van der Waals surface area contributed by atoms with Gasteiger partial charge in [-0.1, -0.05) is 0 Å². The van der Waals surface area contributed by atoms with Crippen molar-refractivity contribution >= 4 is 17.3 Å². The molecule has 18 heavy (non-hydrogen) atoms. The lowest BCUT2D eigenvalue weighted by atomic mass is 9.97. The molecule has 0 aliphatic rings. The number of carboxylic acid groups (broad SMARTS) is 1. The van der Waals surface area contributed by atoms with E-state index in [0.29, 0.717) is 5.56 Å². The van der Waals surface area contributed by atoms with E-state index in [0.717, 1.165) is 28.0 Å². The molecule has 0 saturated heterocycles. The van der Waals surface area contributed by atoms with Crippen molar-refractivity contribution in [2.75, 3.05) is 7.11 Å². The first kappa shape index (κ1) is 12.6. The van der Waals surface area contributed by atoms with Gasteiger partial charge in [0.2, 0.25) is 0 Å². The van der Waals surface area contributed by atoms with Crippen molar-refractivity contribution in [1.82, 2.24) is 0 Å². The Morgan fingerprint density at radius 1 is 1.17 bits per heavy atom. The summed E-state index contributed by atoms with van der Waals surface area (Å²) in [4.78, 5) is 11.2. The van der Waals surface area contributed by atoms with E-state index < -0.39 is 5.97 Å². The van der Waals surface area contributed by atoms with E-state index in [2.05, 4.69) is 0 Å². The van der Waals surface area contributed by atoms with Gasteiger partial charge in [-0.05, 0) is 48.1 Å². The minimum absolute atomic E-state index is 0.354. The predicted octanol–water partition coefficient (Wildman–Crippen LogP) is 3.74. The Bertz CT molecular complexity index is 599. The summed E-state index contributed by atoms with van der Waals surface area (Å²) >= 11 is 1.40. The van der Waals surface area contributed by atoms with E-state index in [9.17, 15) is 4.79 Å². The molecule has 2 aromatic rings.